The van der Waals surface area contributed by atoms with E-state index in [0.717, 1.165) is 22.6 Å². The lowest BCUT2D eigenvalue weighted by atomic mass is 10.0. The highest BCUT2D eigenvalue weighted by molar-refractivity contribution is 5.80. The fourth-order valence-corrected chi connectivity index (χ4v) is 2.05. The molecule has 1 aromatic carbocycles. The van der Waals surface area contributed by atoms with Gasteiger partial charge in [-0.3, -0.25) is 4.79 Å². The van der Waals surface area contributed by atoms with Gasteiger partial charge in [0.05, 0.1) is 0 Å². The number of hydrogen-bond donors (Lipinski definition) is 0. The lowest BCUT2D eigenvalue weighted by Gasteiger charge is -2.04. The molecule has 0 saturated carbocycles. The van der Waals surface area contributed by atoms with Crippen molar-refractivity contribution < 1.29 is 13.6 Å². The molecule has 0 fully saturated rings. The summed E-state index contributed by atoms with van der Waals surface area (Å²) in [5.74, 6) is 2.63. The SMILES string of the molecule is Cc1ccc(-c2ccccc2-c2ccc(C=O)o2)o1. The molecular weight excluding hydrogens is 240 g/mol. The zero-order valence-corrected chi connectivity index (χ0v) is 10.4. The molecule has 0 aliphatic carbocycles. The summed E-state index contributed by atoms with van der Waals surface area (Å²) in [6, 6.07) is 15.1. The van der Waals surface area contributed by atoms with Crippen LogP contribution in [0.3, 0.4) is 0 Å². The average Bonchev–Trinajstić information content (AvgIpc) is 3.07. The van der Waals surface area contributed by atoms with Crippen LogP contribution in [-0.4, -0.2) is 6.29 Å². The standard InChI is InChI=1S/C16H12O3/c1-11-6-8-15(18-11)13-4-2-3-5-14(13)16-9-7-12(10-17)19-16/h2-10H,1H3. The summed E-state index contributed by atoms with van der Waals surface area (Å²) in [4.78, 5) is 10.7. The van der Waals surface area contributed by atoms with E-state index in [-0.39, 0.29) is 0 Å². The van der Waals surface area contributed by atoms with E-state index in [1.165, 1.54) is 0 Å². The highest BCUT2D eigenvalue weighted by atomic mass is 16.3. The number of benzene rings is 1. The normalized spacial score (nSPS) is 10.6. The second kappa shape index (κ2) is 4.61. The Morgan fingerprint density at radius 2 is 1.47 bits per heavy atom. The molecular formula is C16H12O3. The lowest BCUT2D eigenvalue weighted by Crippen LogP contribution is -1.81. The van der Waals surface area contributed by atoms with Crippen molar-refractivity contribution in [3.63, 3.8) is 0 Å². The van der Waals surface area contributed by atoms with Gasteiger partial charge in [-0.15, -0.1) is 0 Å². The van der Waals surface area contributed by atoms with Gasteiger partial charge in [0, 0.05) is 11.1 Å². The molecule has 0 bridgehead atoms. The molecule has 0 N–H and O–H groups in total. The molecule has 0 saturated heterocycles. The molecule has 0 spiro atoms. The molecule has 0 atom stereocenters. The second-order valence-electron chi connectivity index (χ2n) is 4.28. The van der Waals surface area contributed by atoms with Gasteiger partial charge in [0.25, 0.3) is 0 Å². The van der Waals surface area contributed by atoms with Crippen molar-refractivity contribution in [2.45, 2.75) is 6.92 Å². The van der Waals surface area contributed by atoms with Crippen molar-refractivity contribution in [3.05, 3.63) is 60.1 Å². The summed E-state index contributed by atoms with van der Waals surface area (Å²) in [7, 11) is 0. The number of carbonyl (C=O) groups is 1. The van der Waals surface area contributed by atoms with E-state index >= 15 is 0 Å². The minimum atomic E-state index is 0.320. The maximum absolute atomic E-state index is 10.7. The summed E-state index contributed by atoms with van der Waals surface area (Å²) in [6.07, 6.45) is 0.698. The summed E-state index contributed by atoms with van der Waals surface area (Å²) >= 11 is 0. The van der Waals surface area contributed by atoms with E-state index < -0.39 is 0 Å². The van der Waals surface area contributed by atoms with E-state index in [1.54, 1.807) is 12.1 Å². The zero-order valence-electron chi connectivity index (χ0n) is 10.4. The Bertz CT molecular complexity index is 719. The summed E-state index contributed by atoms with van der Waals surface area (Å²) in [5.41, 5.74) is 1.85. The maximum Gasteiger partial charge on any atom is 0.185 e. The van der Waals surface area contributed by atoms with Crippen LogP contribution in [0, 0.1) is 6.92 Å². The van der Waals surface area contributed by atoms with Crippen molar-refractivity contribution >= 4 is 6.29 Å². The van der Waals surface area contributed by atoms with E-state index in [4.69, 9.17) is 8.83 Å². The molecule has 0 amide bonds. The number of aryl methyl sites for hydroxylation is 1. The summed E-state index contributed by atoms with van der Waals surface area (Å²) in [5, 5.41) is 0. The van der Waals surface area contributed by atoms with Gasteiger partial charge < -0.3 is 8.83 Å². The van der Waals surface area contributed by atoms with Crippen LogP contribution >= 0.6 is 0 Å². The van der Waals surface area contributed by atoms with Gasteiger partial charge in [-0.2, -0.15) is 0 Å². The lowest BCUT2D eigenvalue weighted by molar-refractivity contribution is 0.110. The predicted octanol–water partition coefficient (Wildman–Crippen LogP) is 4.33. The second-order valence-corrected chi connectivity index (χ2v) is 4.28. The largest absolute Gasteiger partial charge is 0.461 e. The molecule has 0 unspecified atom stereocenters. The Kier molecular flexibility index (Phi) is 2.80. The average molecular weight is 252 g/mol. The Hall–Kier alpha value is -2.55. The predicted molar refractivity (Wildman–Crippen MR) is 72.0 cm³/mol. The molecule has 3 nitrogen and oxygen atoms in total. The van der Waals surface area contributed by atoms with Gasteiger partial charge in [0.1, 0.15) is 17.3 Å². The number of aldehydes is 1. The molecule has 2 aromatic heterocycles. The van der Waals surface area contributed by atoms with Gasteiger partial charge in [0.2, 0.25) is 0 Å². The van der Waals surface area contributed by atoms with Crippen LogP contribution in [0.1, 0.15) is 16.3 Å². The summed E-state index contributed by atoms with van der Waals surface area (Å²) in [6.45, 7) is 1.91. The van der Waals surface area contributed by atoms with Gasteiger partial charge in [-0.05, 0) is 31.2 Å². The first kappa shape index (κ1) is 11.5. The van der Waals surface area contributed by atoms with Crippen LogP contribution in [0.5, 0.6) is 0 Å². The quantitative estimate of drug-likeness (QED) is 0.652. The molecule has 94 valence electrons. The van der Waals surface area contributed by atoms with Crippen LogP contribution in [0.2, 0.25) is 0 Å². The molecule has 0 aliphatic heterocycles. The highest BCUT2D eigenvalue weighted by Crippen LogP contribution is 2.33. The monoisotopic (exact) mass is 252 g/mol. The molecule has 3 aromatic rings. The van der Waals surface area contributed by atoms with Crippen molar-refractivity contribution in [2.24, 2.45) is 0 Å². The molecule has 3 rings (SSSR count). The topological polar surface area (TPSA) is 43.4 Å². The van der Waals surface area contributed by atoms with Gasteiger partial charge in [-0.1, -0.05) is 24.3 Å². The van der Waals surface area contributed by atoms with Crippen molar-refractivity contribution in [2.75, 3.05) is 0 Å². The van der Waals surface area contributed by atoms with Crippen LogP contribution in [-0.2, 0) is 0 Å². The Morgan fingerprint density at radius 3 is 2.00 bits per heavy atom. The van der Waals surface area contributed by atoms with Gasteiger partial charge in [-0.25, -0.2) is 0 Å². The van der Waals surface area contributed by atoms with Crippen molar-refractivity contribution in [3.8, 4) is 22.6 Å². The minimum Gasteiger partial charge on any atom is -0.461 e. The third-order valence-electron chi connectivity index (χ3n) is 2.94. The third-order valence-corrected chi connectivity index (χ3v) is 2.94. The number of carbonyl (C=O) groups excluding carboxylic acids is 1. The smallest absolute Gasteiger partial charge is 0.185 e. The summed E-state index contributed by atoms with van der Waals surface area (Å²) < 4.78 is 11.1. The number of rotatable bonds is 3. The van der Waals surface area contributed by atoms with Crippen LogP contribution < -0.4 is 0 Å². The molecule has 3 heteroatoms. The van der Waals surface area contributed by atoms with Crippen molar-refractivity contribution in [1.29, 1.82) is 0 Å². The number of furan rings is 2. The zero-order chi connectivity index (χ0) is 13.2. The van der Waals surface area contributed by atoms with Gasteiger partial charge in [0.15, 0.2) is 12.0 Å². The van der Waals surface area contributed by atoms with Crippen LogP contribution in [0.25, 0.3) is 22.6 Å². The third kappa shape index (κ3) is 2.10. The number of hydrogen-bond acceptors (Lipinski definition) is 3. The Balaban J connectivity index is 2.14. The van der Waals surface area contributed by atoms with E-state index in [2.05, 4.69) is 0 Å². The first-order chi connectivity index (χ1) is 9.28. The molecule has 0 radical (unpaired) electrons. The van der Waals surface area contributed by atoms with Crippen LogP contribution in [0.4, 0.5) is 0 Å². The van der Waals surface area contributed by atoms with Gasteiger partial charge >= 0.3 is 0 Å². The molecule has 0 aliphatic rings. The molecule has 2 heterocycles. The van der Waals surface area contributed by atoms with E-state index in [0.29, 0.717) is 17.8 Å². The fourth-order valence-electron chi connectivity index (χ4n) is 2.05. The Labute approximate surface area is 110 Å². The van der Waals surface area contributed by atoms with E-state index in [1.807, 2.05) is 43.3 Å². The fraction of sp³-hybridized carbons (Fsp3) is 0.0625. The minimum absolute atomic E-state index is 0.320. The first-order valence-corrected chi connectivity index (χ1v) is 5.99. The van der Waals surface area contributed by atoms with E-state index in [9.17, 15) is 4.79 Å². The first-order valence-electron chi connectivity index (χ1n) is 5.99. The molecule has 19 heavy (non-hydrogen) atoms. The maximum atomic E-state index is 10.7. The highest BCUT2D eigenvalue weighted by Gasteiger charge is 2.12. The van der Waals surface area contributed by atoms with Crippen LogP contribution in [0.15, 0.2) is 57.4 Å². The Morgan fingerprint density at radius 1 is 0.842 bits per heavy atom. The van der Waals surface area contributed by atoms with Crippen molar-refractivity contribution in [1.82, 2.24) is 0 Å².